The Hall–Kier alpha value is -2.48. The molecule has 1 aliphatic heterocycles. The van der Waals surface area contributed by atoms with E-state index in [0.29, 0.717) is 29.6 Å². The quantitative estimate of drug-likeness (QED) is 0.622. The smallest absolute Gasteiger partial charge is 0.227 e. The molecule has 2 aromatic carbocycles. The van der Waals surface area contributed by atoms with Crippen molar-refractivity contribution in [2.24, 2.45) is 0 Å². The zero-order valence-electron chi connectivity index (χ0n) is 15.7. The highest BCUT2D eigenvalue weighted by Gasteiger charge is 2.22. The van der Waals surface area contributed by atoms with Gasteiger partial charge < -0.3 is 4.90 Å². The number of aromatic nitrogens is 4. The summed E-state index contributed by atoms with van der Waals surface area (Å²) in [4.78, 5) is 16.9. The van der Waals surface area contributed by atoms with Gasteiger partial charge in [-0.1, -0.05) is 47.5 Å². The van der Waals surface area contributed by atoms with E-state index in [2.05, 4.69) is 20.4 Å². The number of carbonyl (C=O) groups excluding carboxylic acids is 1. The molecule has 1 fully saturated rings. The highest BCUT2D eigenvalue weighted by Crippen LogP contribution is 2.26. The Morgan fingerprint density at radius 1 is 1.00 bits per heavy atom. The highest BCUT2D eigenvalue weighted by atomic mass is 35.5. The van der Waals surface area contributed by atoms with Crippen molar-refractivity contribution in [2.45, 2.75) is 13.0 Å². The summed E-state index contributed by atoms with van der Waals surface area (Å²) in [6.07, 6.45) is 1.92. The Morgan fingerprint density at radius 2 is 1.76 bits per heavy atom. The molecule has 150 valence electrons. The molecular formula is C20H20Cl2N6O. The molecule has 0 atom stereocenters. The van der Waals surface area contributed by atoms with Crippen LogP contribution < -0.4 is 0 Å². The molecule has 0 bridgehead atoms. The van der Waals surface area contributed by atoms with Gasteiger partial charge in [-0.25, -0.2) is 4.68 Å². The minimum atomic E-state index is 0.139. The van der Waals surface area contributed by atoms with Crippen LogP contribution in [0.1, 0.15) is 11.1 Å². The topological polar surface area (TPSA) is 67.2 Å². The van der Waals surface area contributed by atoms with E-state index in [0.717, 1.165) is 36.4 Å². The third-order valence-electron chi connectivity index (χ3n) is 5.06. The van der Waals surface area contributed by atoms with Crippen molar-refractivity contribution in [2.75, 3.05) is 26.2 Å². The van der Waals surface area contributed by atoms with E-state index >= 15 is 0 Å². The van der Waals surface area contributed by atoms with Crippen LogP contribution in [0, 0.1) is 0 Å². The van der Waals surface area contributed by atoms with Crippen LogP contribution in [0.4, 0.5) is 0 Å². The number of hydrogen-bond donors (Lipinski definition) is 0. The third kappa shape index (κ3) is 4.75. The second-order valence-electron chi connectivity index (χ2n) is 6.97. The predicted octanol–water partition coefficient (Wildman–Crippen LogP) is 2.86. The molecule has 0 radical (unpaired) electrons. The van der Waals surface area contributed by atoms with Gasteiger partial charge in [0, 0.05) is 32.7 Å². The molecule has 3 aromatic rings. The van der Waals surface area contributed by atoms with Gasteiger partial charge in [0.1, 0.15) is 6.33 Å². The first-order chi connectivity index (χ1) is 14.1. The molecule has 7 nitrogen and oxygen atoms in total. The lowest BCUT2D eigenvalue weighted by molar-refractivity contribution is -0.132. The van der Waals surface area contributed by atoms with Crippen molar-refractivity contribution in [3.63, 3.8) is 0 Å². The van der Waals surface area contributed by atoms with Crippen molar-refractivity contribution < 1.29 is 4.79 Å². The number of piperazine rings is 1. The number of tetrazole rings is 1. The number of amides is 1. The summed E-state index contributed by atoms with van der Waals surface area (Å²) in [6.45, 7) is 3.78. The second-order valence-corrected chi connectivity index (χ2v) is 7.75. The van der Waals surface area contributed by atoms with Crippen LogP contribution in [0.5, 0.6) is 0 Å². The molecule has 9 heteroatoms. The molecule has 29 heavy (non-hydrogen) atoms. The van der Waals surface area contributed by atoms with Gasteiger partial charge in [0.15, 0.2) is 0 Å². The predicted molar refractivity (Wildman–Crippen MR) is 111 cm³/mol. The van der Waals surface area contributed by atoms with E-state index in [1.54, 1.807) is 10.7 Å². The average molecular weight is 431 g/mol. The Morgan fingerprint density at radius 3 is 2.45 bits per heavy atom. The van der Waals surface area contributed by atoms with E-state index in [9.17, 15) is 4.79 Å². The summed E-state index contributed by atoms with van der Waals surface area (Å²) in [5.41, 5.74) is 2.85. The maximum absolute atomic E-state index is 12.7. The molecule has 0 aliphatic carbocycles. The standard InChI is InChI=1S/C20H20Cl2N6O/c21-18-3-1-2-16(20(18)22)13-26-8-10-27(11-9-26)19(29)12-15-4-6-17(7-5-15)28-14-23-24-25-28/h1-7,14H,8-13H2. The molecule has 0 unspecified atom stereocenters. The van der Waals surface area contributed by atoms with E-state index < -0.39 is 0 Å². The molecular weight excluding hydrogens is 411 g/mol. The number of halogens is 2. The summed E-state index contributed by atoms with van der Waals surface area (Å²) < 4.78 is 1.58. The first-order valence-corrected chi connectivity index (χ1v) is 10.1. The van der Waals surface area contributed by atoms with E-state index in [4.69, 9.17) is 23.2 Å². The highest BCUT2D eigenvalue weighted by molar-refractivity contribution is 6.42. The third-order valence-corrected chi connectivity index (χ3v) is 5.91. The molecule has 1 amide bonds. The van der Waals surface area contributed by atoms with E-state index in [-0.39, 0.29) is 5.91 Å². The van der Waals surface area contributed by atoms with Crippen molar-refractivity contribution in [1.29, 1.82) is 0 Å². The largest absolute Gasteiger partial charge is 0.340 e. The lowest BCUT2D eigenvalue weighted by Crippen LogP contribution is -2.48. The number of hydrogen-bond acceptors (Lipinski definition) is 5. The lowest BCUT2D eigenvalue weighted by atomic mass is 10.1. The van der Waals surface area contributed by atoms with Crippen LogP contribution in [0.2, 0.25) is 10.0 Å². The van der Waals surface area contributed by atoms with Gasteiger partial charge in [-0.3, -0.25) is 9.69 Å². The minimum absolute atomic E-state index is 0.139. The Bertz CT molecular complexity index is 969. The van der Waals surface area contributed by atoms with Crippen LogP contribution in [-0.4, -0.2) is 62.1 Å². The molecule has 1 aliphatic rings. The number of benzene rings is 2. The van der Waals surface area contributed by atoms with E-state index in [1.165, 1.54) is 6.33 Å². The van der Waals surface area contributed by atoms with Gasteiger partial charge in [-0.05, 0) is 39.8 Å². The maximum atomic E-state index is 12.7. The van der Waals surface area contributed by atoms with Crippen molar-refractivity contribution in [1.82, 2.24) is 30.0 Å². The Balaban J connectivity index is 1.29. The van der Waals surface area contributed by atoms with Gasteiger partial charge in [-0.2, -0.15) is 0 Å². The average Bonchev–Trinajstić information content (AvgIpc) is 3.27. The van der Waals surface area contributed by atoms with Gasteiger partial charge in [0.25, 0.3) is 0 Å². The molecule has 0 saturated carbocycles. The zero-order chi connectivity index (χ0) is 20.2. The molecule has 0 N–H and O–H groups in total. The summed E-state index contributed by atoms with van der Waals surface area (Å²) in [5.74, 6) is 0.139. The first-order valence-electron chi connectivity index (χ1n) is 9.35. The second kappa shape index (κ2) is 8.90. The first kappa shape index (κ1) is 19.8. The van der Waals surface area contributed by atoms with Gasteiger partial charge in [-0.15, -0.1) is 5.10 Å². The Labute approximate surface area is 178 Å². The number of nitrogens with zero attached hydrogens (tertiary/aromatic N) is 6. The summed E-state index contributed by atoms with van der Waals surface area (Å²) >= 11 is 12.4. The fraction of sp³-hybridized carbons (Fsp3) is 0.300. The van der Waals surface area contributed by atoms with Crippen LogP contribution in [-0.2, 0) is 17.8 Å². The van der Waals surface area contributed by atoms with Crippen LogP contribution in [0.25, 0.3) is 5.69 Å². The molecule has 1 saturated heterocycles. The maximum Gasteiger partial charge on any atom is 0.227 e. The summed E-state index contributed by atoms with van der Waals surface area (Å²) in [6, 6.07) is 13.4. The van der Waals surface area contributed by atoms with Crippen molar-refractivity contribution in [3.05, 3.63) is 70.0 Å². The van der Waals surface area contributed by atoms with Crippen molar-refractivity contribution in [3.8, 4) is 5.69 Å². The zero-order valence-corrected chi connectivity index (χ0v) is 17.2. The molecule has 1 aromatic heterocycles. The fourth-order valence-electron chi connectivity index (χ4n) is 3.40. The SMILES string of the molecule is O=C(Cc1ccc(-n2cnnn2)cc1)N1CCN(Cc2cccc(Cl)c2Cl)CC1. The van der Waals surface area contributed by atoms with Crippen LogP contribution in [0.3, 0.4) is 0 Å². The van der Waals surface area contributed by atoms with E-state index in [1.807, 2.05) is 41.3 Å². The normalized spacial score (nSPS) is 14.9. The van der Waals surface area contributed by atoms with Crippen molar-refractivity contribution >= 4 is 29.1 Å². The van der Waals surface area contributed by atoms with Gasteiger partial charge >= 0.3 is 0 Å². The fourth-order valence-corrected chi connectivity index (χ4v) is 3.78. The monoisotopic (exact) mass is 430 g/mol. The van der Waals surface area contributed by atoms with Crippen LogP contribution >= 0.6 is 23.2 Å². The number of carbonyl (C=O) groups is 1. The number of rotatable bonds is 5. The molecule has 2 heterocycles. The molecule has 0 spiro atoms. The molecule has 4 rings (SSSR count). The van der Waals surface area contributed by atoms with Crippen LogP contribution in [0.15, 0.2) is 48.8 Å². The summed E-state index contributed by atoms with van der Waals surface area (Å²) in [7, 11) is 0. The summed E-state index contributed by atoms with van der Waals surface area (Å²) in [5, 5.41) is 12.3. The minimum Gasteiger partial charge on any atom is -0.340 e. The van der Waals surface area contributed by atoms with Gasteiger partial charge in [0.2, 0.25) is 5.91 Å². The lowest BCUT2D eigenvalue weighted by Gasteiger charge is -2.35. The van der Waals surface area contributed by atoms with Gasteiger partial charge in [0.05, 0.1) is 22.2 Å². The Kier molecular flexibility index (Phi) is 6.08.